The van der Waals surface area contributed by atoms with Gasteiger partial charge in [0.25, 0.3) is 0 Å². The average Bonchev–Trinajstić information content (AvgIpc) is 2.87. The number of hydrogen-bond acceptors (Lipinski definition) is 3. The van der Waals surface area contributed by atoms with Crippen LogP contribution in [0.15, 0.2) is 28.9 Å². The second-order valence-corrected chi connectivity index (χ2v) is 9.19. The van der Waals surface area contributed by atoms with Crippen LogP contribution in [-0.4, -0.2) is 6.54 Å². The third-order valence-electron chi connectivity index (χ3n) is 2.55. The Kier molecular flexibility index (Phi) is 5.90. The first-order valence-electron chi connectivity index (χ1n) is 5.53. The molecular formula is C12H12Br3NS2. The highest BCUT2D eigenvalue weighted by molar-refractivity contribution is 9.12. The van der Waals surface area contributed by atoms with Crippen molar-refractivity contribution in [2.75, 3.05) is 6.54 Å². The van der Waals surface area contributed by atoms with Gasteiger partial charge in [-0.15, -0.1) is 11.3 Å². The summed E-state index contributed by atoms with van der Waals surface area (Å²) < 4.78 is 3.51. The minimum atomic E-state index is 0.238. The van der Waals surface area contributed by atoms with Crippen LogP contribution in [0.3, 0.4) is 0 Å². The highest BCUT2D eigenvalue weighted by atomic mass is 79.9. The Bertz CT molecular complexity index is 521. The van der Waals surface area contributed by atoms with Crippen LogP contribution in [0.25, 0.3) is 0 Å². The van der Waals surface area contributed by atoms with Gasteiger partial charge in [-0.3, -0.25) is 0 Å². The van der Waals surface area contributed by atoms with Crippen molar-refractivity contribution in [3.8, 4) is 0 Å². The number of hydrogen-bond donors (Lipinski definition) is 1. The van der Waals surface area contributed by atoms with E-state index in [9.17, 15) is 0 Å². The fourth-order valence-corrected chi connectivity index (χ4v) is 6.18. The summed E-state index contributed by atoms with van der Waals surface area (Å²) in [4.78, 5) is 0. The zero-order valence-corrected chi connectivity index (χ0v) is 16.1. The van der Waals surface area contributed by atoms with Gasteiger partial charge in [0.2, 0.25) is 0 Å². The lowest BCUT2D eigenvalue weighted by atomic mass is 10.0. The van der Waals surface area contributed by atoms with Gasteiger partial charge >= 0.3 is 0 Å². The molecule has 2 heterocycles. The molecule has 18 heavy (non-hydrogen) atoms. The minimum Gasteiger partial charge on any atom is -0.306 e. The second kappa shape index (κ2) is 6.99. The molecule has 0 aromatic carbocycles. The average molecular weight is 474 g/mol. The standard InChI is InChI=1S/C12H12Br3NS2/c1-2-3-16-11(8-5-17-6-9(8)13)7-4-10(14)18-12(7)15/h4-6,11,16H,2-3H2,1H3. The van der Waals surface area contributed by atoms with E-state index < -0.39 is 0 Å². The molecule has 0 aliphatic heterocycles. The van der Waals surface area contributed by atoms with Crippen molar-refractivity contribution in [2.45, 2.75) is 19.4 Å². The highest BCUT2D eigenvalue weighted by Gasteiger charge is 2.21. The van der Waals surface area contributed by atoms with Gasteiger partial charge in [0.15, 0.2) is 0 Å². The van der Waals surface area contributed by atoms with E-state index >= 15 is 0 Å². The van der Waals surface area contributed by atoms with Crippen molar-refractivity contribution >= 4 is 70.5 Å². The number of halogens is 3. The first-order valence-corrected chi connectivity index (χ1v) is 9.67. The first kappa shape index (κ1) is 15.2. The lowest BCUT2D eigenvalue weighted by molar-refractivity contribution is 0.598. The van der Waals surface area contributed by atoms with Gasteiger partial charge in [-0.1, -0.05) is 6.92 Å². The predicted octanol–water partition coefficient (Wildman–Crippen LogP) is 6.19. The van der Waals surface area contributed by atoms with Crippen LogP contribution in [0.5, 0.6) is 0 Å². The molecule has 0 amide bonds. The maximum absolute atomic E-state index is 3.66. The SMILES string of the molecule is CCCNC(c1cscc1Br)c1cc(Br)sc1Br. The molecule has 0 saturated carbocycles. The summed E-state index contributed by atoms with van der Waals surface area (Å²) in [6, 6.07) is 2.43. The molecule has 1 atom stereocenters. The molecule has 2 aromatic heterocycles. The number of nitrogens with one attached hydrogen (secondary N) is 1. The fraction of sp³-hybridized carbons (Fsp3) is 0.333. The monoisotopic (exact) mass is 471 g/mol. The van der Waals surface area contributed by atoms with Crippen LogP contribution in [0, 0.1) is 0 Å². The molecule has 0 bridgehead atoms. The van der Waals surface area contributed by atoms with Crippen LogP contribution in [0.4, 0.5) is 0 Å². The summed E-state index contributed by atoms with van der Waals surface area (Å²) in [6.45, 7) is 3.19. The summed E-state index contributed by atoms with van der Waals surface area (Å²) in [5, 5.41) is 7.95. The van der Waals surface area contributed by atoms with Gasteiger partial charge in [0, 0.05) is 9.85 Å². The smallest absolute Gasteiger partial charge is 0.0761 e. The Balaban J connectivity index is 2.37. The molecule has 6 heteroatoms. The van der Waals surface area contributed by atoms with Gasteiger partial charge < -0.3 is 5.32 Å². The van der Waals surface area contributed by atoms with E-state index in [1.54, 1.807) is 22.7 Å². The molecule has 1 unspecified atom stereocenters. The Hall–Kier alpha value is 0.800. The third kappa shape index (κ3) is 3.46. The molecule has 2 aromatic rings. The lowest BCUT2D eigenvalue weighted by Gasteiger charge is -2.18. The maximum Gasteiger partial charge on any atom is 0.0761 e. The normalized spacial score (nSPS) is 12.9. The molecule has 0 saturated heterocycles. The summed E-state index contributed by atoms with van der Waals surface area (Å²) in [6.07, 6.45) is 1.13. The zero-order chi connectivity index (χ0) is 13.1. The highest BCUT2D eigenvalue weighted by Crippen LogP contribution is 2.40. The van der Waals surface area contributed by atoms with Crippen molar-refractivity contribution in [1.82, 2.24) is 5.32 Å². The van der Waals surface area contributed by atoms with Gasteiger partial charge in [0.1, 0.15) is 0 Å². The third-order valence-corrected chi connectivity index (χ3v) is 6.68. The zero-order valence-electron chi connectivity index (χ0n) is 9.67. The van der Waals surface area contributed by atoms with E-state index in [1.165, 1.54) is 19.4 Å². The Morgan fingerprint density at radius 1 is 1.22 bits per heavy atom. The fourth-order valence-electron chi connectivity index (χ4n) is 1.72. The van der Waals surface area contributed by atoms with Crippen LogP contribution >= 0.6 is 70.5 Å². The predicted molar refractivity (Wildman–Crippen MR) is 91.9 cm³/mol. The van der Waals surface area contributed by atoms with Gasteiger partial charge in [-0.2, -0.15) is 11.3 Å². The largest absolute Gasteiger partial charge is 0.306 e. The van der Waals surface area contributed by atoms with Crippen LogP contribution in [0.2, 0.25) is 0 Å². The van der Waals surface area contributed by atoms with Crippen molar-refractivity contribution in [3.63, 3.8) is 0 Å². The Morgan fingerprint density at radius 2 is 2.00 bits per heavy atom. The molecule has 1 N–H and O–H groups in total. The first-order chi connectivity index (χ1) is 8.63. The Labute approximate surface area is 140 Å². The molecule has 0 fully saturated rings. The summed E-state index contributed by atoms with van der Waals surface area (Å²) in [7, 11) is 0. The Morgan fingerprint density at radius 3 is 2.50 bits per heavy atom. The van der Waals surface area contributed by atoms with E-state index in [4.69, 9.17) is 0 Å². The van der Waals surface area contributed by atoms with Crippen LogP contribution < -0.4 is 5.32 Å². The molecule has 0 spiro atoms. The van der Waals surface area contributed by atoms with Crippen molar-refractivity contribution in [3.05, 3.63) is 40.0 Å². The molecule has 0 aliphatic carbocycles. The second-order valence-electron chi connectivity index (χ2n) is 3.84. The summed E-state index contributed by atoms with van der Waals surface area (Å²) >= 11 is 14.3. The molecular weight excluding hydrogens is 462 g/mol. The van der Waals surface area contributed by atoms with Gasteiger partial charge in [-0.05, 0) is 83.3 Å². The van der Waals surface area contributed by atoms with E-state index in [-0.39, 0.29) is 6.04 Å². The quantitative estimate of drug-likeness (QED) is 0.546. The molecule has 0 aliphatic rings. The van der Waals surface area contributed by atoms with Crippen molar-refractivity contribution < 1.29 is 0 Å². The lowest BCUT2D eigenvalue weighted by Crippen LogP contribution is -2.22. The van der Waals surface area contributed by atoms with Crippen LogP contribution in [-0.2, 0) is 0 Å². The van der Waals surface area contributed by atoms with Crippen molar-refractivity contribution in [2.24, 2.45) is 0 Å². The minimum absolute atomic E-state index is 0.238. The molecule has 1 nitrogen and oxygen atoms in total. The van der Waals surface area contributed by atoms with Crippen LogP contribution in [0.1, 0.15) is 30.5 Å². The van der Waals surface area contributed by atoms with Gasteiger partial charge in [-0.25, -0.2) is 0 Å². The topological polar surface area (TPSA) is 12.0 Å². The van der Waals surface area contributed by atoms with E-state index in [0.717, 1.165) is 16.8 Å². The molecule has 98 valence electrons. The molecule has 2 rings (SSSR count). The van der Waals surface area contributed by atoms with Gasteiger partial charge in [0.05, 0.1) is 13.6 Å². The summed E-state index contributed by atoms with van der Waals surface area (Å²) in [5.41, 5.74) is 2.60. The number of rotatable bonds is 5. The number of thiophene rings is 2. The van der Waals surface area contributed by atoms with E-state index in [2.05, 4.69) is 76.9 Å². The van der Waals surface area contributed by atoms with E-state index in [0.29, 0.717) is 0 Å². The summed E-state index contributed by atoms with van der Waals surface area (Å²) in [5.74, 6) is 0. The van der Waals surface area contributed by atoms with E-state index in [1.807, 2.05) is 0 Å². The molecule has 0 radical (unpaired) electrons. The van der Waals surface area contributed by atoms with Crippen molar-refractivity contribution in [1.29, 1.82) is 0 Å². The maximum atomic E-state index is 3.66.